The van der Waals surface area contributed by atoms with Crippen molar-refractivity contribution in [1.29, 1.82) is 0 Å². The Bertz CT molecular complexity index is 1060. The molecule has 2 fully saturated rings. The molecule has 0 aliphatic carbocycles. The van der Waals surface area contributed by atoms with Crippen molar-refractivity contribution in [2.75, 3.05) is 11.4 Å². The number of fused-ring (bicyclic) bond motifs is 5. The highest BCUT2D eigenvalue weighted by atomic mass is 32.1. The van der Waals surface area contributed by atoms with E-state index in [-0.39, 0.29) is 23.6 Å². The number of para-hydroxylation sites is 1. The summed E-state index contributed by atoms with van der Waals surface area (Å²) < 4.78 is 0. The largest absolute Gasteiger partial charge is 0.352 e. The van der Waals surface area contributed by atoms with Crippen molar-refractivity contribution in [2.45, 2.75) is 38.8 Å². The summed E-state index contributed by atoms with van der Waals surface area (Å²) in [5.41, 5.74) is 3.08. The number of hydrogen-bond acceptors (Lipinski definition) is 5. The van der Waals surface area contributed by atoms with Crippen LogP contribution in [0.3, 0.4) is 0 Å². The summed E-state index contributed by atoms with van der Waals surface area (Å²) in [7, 11) is 0. The maximum absolute atomic E-state index is 13.6. The molecule has 4 heterocycles. The zero-order valence-corrected chi connectivity index (χ0v) is 17.9. The van der Waals surface area contributed by atoms with Crippen LogP contribution in [0.5, 0.6) is 0 Å². The highest BCUT2D eigenvalue weighted by molar-refractivity contribution is 7.12. The minimum atomic E-state index is -0.660. The van der Waals surface area contributed by atoms with Gasteiger partial charge in [0.1, 0.15) is 6.04 Å². The molecule has 30 heavy (non-hydrogen) atoms. The Morgan fingerprint density at radius 2 is 1.83 bits per heavy atom. The second kappa shape index (κ2) is 7.20. The van der Waals surface area contributed by atoms with E-state index in [2.05, 4.69) is 6.08 Å². The van der Waals surface area contributed by atoms with Crippen molar-refractivity contribution >= 4 is 40.2 Å². The monoisotopic (exact) mass is 420 g/mol. The predicted octanol–water partition coefficient (Wildman–Crippen LogP) is 4.01. The summed E-state index contributed by atoms with van der Waals surface area (Å²) in [4.78, 5) is 44.5. The minimum Gasteiger partial charge on any atom is -0.352 e. The molecule has 0 spiro atoms. The third-order valence-corrected chi connectivity index (χ3v) is 7.50. The number of nitrogens with zero attached hydrogens (tertiary/aromatic N) is 2. The average Bonchev–Trinajstić information content (AvgIpc) is 3.44. The maximum Gasteiger partial charge on any atom is 0.235 e. The Labute approximate surface area is 180 Å². The molecular formula is C24H24N2O3S. The Hall–Kier alpha value is -2.73. The van der Waals surface area contributed by atoms with Crippen LogP contribution in [-0.2, 0) is 9.59 Å². The maximum atomic E-state index is 13.6. The first-order valence-electron chi connectivity index (χ1n) is 10.5. The van der Waals surface area contributed by atoms with E-state index in [4.69, 9.17) is 0 Å². The normalized spacial score (nSPS) is 27.1. The van der Waals surface area contributed by atoms with Crippen LogP contribution in [0, 0.1) is 11.8 Å². The van der Waals surface area contributed by atoms with Gasteiger partial charge in [-0.25, -0.2) is 0 Å². The van der Waals surface area contributed by atoms with Crippen LogP contribution in [-0.4, -0.2) is 41.1 Å². The Morgan fingerprint density at radius 1 is 1.07 bits per heavy atom. The summed E-state index contributed by atoms with van der Waals surface area (Å²) in [6.07, 6.45) is 3.77. The third-order valence-electron chi connectivity index (χ3n) is 6.61. The predicted molar refractivity (Wildman–Crippen MR) is 117 cm³/mol. The first-order valence-corrected chi connectivity index (χ1v) is 11.4. The fraction of sp³-hybridized carbons (Fsp3) is 0.375. The molecule has 5 nitrogen and oxygen atoms in total. The average molecular weight is 421 g/mol. The number of carbonyl (C=O) groups is 3. The molecule has 4 atom stereocenters. The molecule has 0 N–H and O–H groups in total. The van der Waals surface area contributed by atoms with Crippen LogP contribution in [0.15, 0.2) is 47.9 Å². The van der Waals surface area contributed by atoms with E-state index in [1.54, 1.807) is 0 Å². The van der Waals surface area contributed by atoms with Crippen LogP contribution in [0.4, 0.5) is 5.69 Å². The lowest BCUT2D eigenvalue weighted by molar-refractivity contribution is -0.140. The zero-order chi connectivity index (χ0) is 21.0. The first-order chi connectivity index (χ1) is 14.5. The summed E-state index contributed by atoms with van der Waals surface area (Å²) >= 11 is 1.39. The molecular weight excluding hydrogens is 396 g/mol. The van der Waals surface area contributed by atoms with Crippen LogP contribution in [0.25, 0.3) is 5.57 Å². The van der Waals surface area contributed by atoms with E-state index in [1.165, 1.54) is 16.2 Å². The number of likely N-dealkylation sites (tertiary alicyclic amines) is 1. The molecule has 0 unspecified atom stereocenters. The van der Waals surface area contributed by atoms with E-state index < -0.39 is 17.9 Å². The van der Waals surface area contributed by atoms with Gasteiger partial charge in [0.25, 0.3) is 0 Å². The smallest absolute Gasteiger partial charge is 0.235 e. The van der Waals surface area contributed by atoms with E-state index in [1.807, 2.05) is 60.5 Å². The summed E-state index contributed by atoms with van der Waals surface area (Å²) in [6, 6.07) is 10.7. The Kier molecular flexibility index (Phi) is 4.62. The van der Waals surface area contributed by atoms with Gasteiger partial charge in [-0.3, -0.25) is 19.3 Å². The molecule has 2 amide bonds. The van der Waals surface area contributed by atoms with Crippen LogP contribution in [0.2, 0.25) is 0 Å². The second-order valence-corrected chi connectivity index (χ2v) is 9.23. The zero-order valence-electron chi connectivity index (χ0n) is 17.1. The van der Waals surface area contributed by atoms with E-state index in [0.29, 0.717) is 11.4 Å². The van der Waals surface area contributed by atoms with Crippen molar-refractivity contribution in [3.05, 3.63) is 58.3 Å². The lowest BCUT2D eigenvalue weighted by Crippen LogP contribution is -2.49. The number of benzene rings is 1. The molecule has 3 aliphatic rings. The molecule has 3 aliphatic heterocycles. The number of thiophene rings is 1. The Balaban J connectivity index is 1.65. The molecule has 0 saturated carbocycles. The molecule has 2 saturated heterocycles. The van der Waals surface area contributed by atoms with Gasteiger partial charge in [-0.15, -0.1) is 11.3 Å². The van der Waals surface area contributed by atoms with Gasteiger partial charge in [0.05, 0.1) is 22.8 Å². The van der Waals surface area contributed by atoms with Gasteiger partial charge in [-0.05, 0) is 36.4 Å². The number of ketones is 1. The molecule has 2 aromatic rings. The van der Waals surface area contributed by atoms with Crippen molar-refractivity contribution in [3.63, 3.8) is 0 Å². The summed E-state index contributed by atoms with van der Waals surface area (Å²) in [5, 5.41) is 1.88. The standard InChI is InChI=1S/C24H24N2O3S/c1-3-4-11-25-23(28)19-17-13-14(2)15-8-5-6-9-16(15)26(17)21(20(19)24(25)29)22(27)18-10-7-12-30-18/h5-10,12-13,17,19-21H,3-4,11H2,1-2H3/t17-,19-,20-,21+/m0/s1. The summed E-state index contributed by atoms with van der Waals surface area (Å²) in [5.74, 6) is -1.52. The first kappa shape index (κ1) is 19.2. The van der Waals surface area contributed by atoms with E-state index in [0.717, 1.165) is 29.7 Å². The molecule has 6 heteroatoms. The van der Waals surface area contributed by atoms with Gasteiger partial charge >= 0.3 is 0 Å². The number of allylic oxidation sites excluding steroid dienone is 1. The van der Waals surface area contributed by atoms with Crippen molar-refractivity contribution in [1.82, 2.24) is 4.90 Å². The van der Waals surface area contributed by atoms with Gasteiger partial charge in [0, 0.05) is 17.8 Å². The Morgan fingerprint density at radius 3 is 2.57 bits per heavy atom. The fourth-order valence-electron chi connectivity index (χ4n) is 5.26. The summed E-state index contributed by atoms with van der Waals surface area (Å²) in [6.45, 7) is 4.52. The highest BCUT2D eigenvalue weighted by Gasteiger charge is 2.64. The number of carbonyl (C=O) groups excluding carboxylic acids is 3. The molecule has 1 aromatic carbocycles. The highest BCUT2D eigenvalue weighted by Crippen LogP contribution is 2.50. The lowest BCUT2D eigenvalue weighted by atomic mass is 9.86. The van der Waals surface area contributed by atoms with Crippen LogP contribution < -0.4 is 4.90 Å². The van der Waals surface area contributed by atoms with Gasteiger partial charge in [-0.1, -0.05) is 43.7 Å². The topological polar surface area (TPSA) is 57.7 Å². The number of imide groups is 1. The van der Waals surface area contributed by atoms with E-state index in [9.17, 15) is 14.4 Å². The SMILES string of the molecule is CCCCN1C(=O)[C@@H]2[C@H](C1=O)[C@H](C(=O)c1cccs1)N1c3ccccc3C(C)=C[C@@H]21. The number of amides is 2. The quantitative estimate of drug-likeness (QED) is 0.542. The van der Waals surface area contributed by atoms with Crippen molar-refractivity contribution in [3.8, 4) is 0 Å². The minimum absolute atomic E-state index is 0.0660. The number of hydrogen-bond donors (Lipinski definition) is 0. The van der Waals surface area contributed by atoms with Crippen molar-refractivity contribution in [2.24, 2.45) is 11.8 Å². The number of unbranched alkanes of at least 4 members (excludes halogenated alkanes) is 1. The van der Waals surface area contributed by atoms with Gasteiger partial charge < -0.3 is 4.90 Å². The van der Waals surface area contributed by atoms with E-state index >= 15 is 0 Å². The molecule has 5 rings (SSSR count). The molecule has 1 aromatic heterocycles. The third kappa shape index (κ3) is 2.63. The van der Waals surface area contributed by atoms with Crippen LogP contribution in [0.1, 0.15) is 41.9 Å². The second-order valence-electron chi connectivity index (χ2n) is 8.28. The molecule has 154 valence electrons. The number of Topliss-reactive ketones (excluding diaryl/α,β-unsaturated/α-hetero) is 1. The molecule has 0 radical (unpaired) electrons. The van der Waals surface area contributed by atoms with Crippen molar-refractivity contribution < 1.29 is 14.4 Å². The van der Waals surface area contributed by atoms with Gasteiger partial charge in [0.15, 0.2) is 5.78 Å². The molecule has 0 bridgehead atoms. The number of rotatable bonds is 5. The number of anilines is 1. The van der Waals surface area contributed by atoms with Crippen LogP contribution >= 0.6 is 11.3 Å². The fourth-order valence-corrected chi connectivity index (χ4v) is 5.96. The lowest BCUT2D eigenvalue weighted by Gasteiger charge is -2.37. The van der Waals surface area contributed by atoms with Gasteiger partial charge in [0.2, 0.25) is 11.8 Å². The van der Waals surface area contributed by atoms with Gasteiger partial charge in [-0.2, -0.15) is 0 Å².